The molecule has 0 bridgehead atoms. The number of benzene rings is 2. The van der Waals surface area contributed by atoms with Crippen molar-refractivity contribution in [3.63, 3.8) is 0 Å². The van der Waals surface area contributed by atoms with Gasteiger partial charge in [0.2, 0.25) is 5.91 Å². The Hall–Kier alpha value is -2.14. The van der Waals surface area contributed by atoms with Gasteiger partial charge in [0, 0.05) is 10.0 Å². The number of hydrogen-bond donors (Lipinski definition) is 1. The molecule has 4 nitrogen and oxygen atoms in total. The zero-order chi connectivity index (χ0) is 15.2. The van der Waals surface area contributed by atoms with Crippen LogP contribution in [-0.4, -0.2) is 18.3 Å². The van der Waals surface area contributed by atoms with Gasteiger partial charge >= 0.3 is 0 Å². The third-order valence-electron chi connectivity index (χ3n) is 2.84. The topological polar surface area (TPSA) is 69.4 Å². The summed E-state index contributed by atoms with van der Waals surface area (Å²) >= 11 is 3.32. The Morgan fingerprint density at radius 1 is 1.00 bits per heavy atom. The van der Waals surface area contributed by atoms with Crippen molar-refractivity contribution in [3.05, 3.63) is 64.1 Å². The summed E-state index contributed by atoms with van der Waals surface area (Å²) in [6.45, 7) is -0.0310. The van der Waals surface area contributed by atoms with Crippen molar-refractivity contribution in [2.24, 2.45) is 5.73 Å². The van der Waals surface area contributed by atoms with Gasteiger partial charge in [0.1, 0.15) is 5.75 Å². The minimum Gasteiger partial charge on any atom is -0.485 e. The number of carbonyl (C=O) groups excluding carboxylic acids is 2. The van der Waals surface area contributed by atoms with E-state index in [1.165, 1.54) is 0 Å². The van der Waals surface area contributed by atoms with Crippen LogP contribution in [0.3, 0.4) is 0 Å². The van der Waals surface area contributed by atoms with Crippen LogP contribution in [0, 0.1) is 0 Å². The second-order valence-electron chi connectivity index (χ2n) is 4.51. The molecule has 2 aromatic rings. The van der Waals surface area contributed by atoms with E-state index in [-0.39, 0.29) is 24.7 Å². The molecule has 0 aromatic heterocycles. The fourth-order valence-corrected chi connectivity index (χ4v) is 2.04. The third-order valence-corrected chi connectivity index (χ3v) is 3.37. The molecule has 2 aromatic carbocycles. The maximum atomic E-state index is 11.9. The summed E-state index contributed by atoms with van der Waals surface area (Å²) in [7, 11) is 0. The predicted octanol–water partition coefficient (Wildman–Crippen LogP) is 2.74. The molecule has 0 heterocycles. The van der Waals surface area contributed by atoms with E-state index in [1.54, 1.807) is 36.4 Å². The van der Waals surface area contributed by atoms with Crippen LogP contribution >= 0.6 is 15.9 Å². The van der Waals surface area contributed by atoms with E-state index in [9.17, 15) is 9.59 Å². The van der Waals surface area contributed by atoms with Crippen molar-refractivity contribution >= 4 is 27.6 Å². The Labute approximate surface area is 131 Å². The first-order valence-electron chi connectivity index (χ1n) is 6.33. The Morgan fingerprint density at radius 3 is 2.19 bits per heavy atom. The molecular formula is C16H14BrNO3. The Kier molecular flexibility index (Phi) is 5.11. The van der Waals surface area contributed by atoms with Crippen molar-refractivity contribution in [1.82, 2.24) is 0 Å². The van der Waals surface area contributed by atoms with Crippen molar-refractivity contribution in [3.8, 4) is 5.75 Å². The van der Waals surface area contributed by atoms with E-state index in [0.29, 0.717) is 11.3 Å². The van der Waals surface area contributed by atoms with Gasteiger partial charge < -0.3 is 10.5 Å². The molecule has 1 amide bonds. The summed E-state index contributed by atoms with van der Waals surface area (Å²) < 4.78 is 6.36. The van der Waals surface area contributed by atoms with E-state index < -0.39 is 0 Å². The first-order valence-corrected chi connectivity index (χ1v) is 7.13. The van der Waals surface area contributed by atoms with Crippen LogP contribution in [0.5, 0.6) is 5.75 Å². The van der Waals surface area contributed by atoms with Gasteiger partial charge in [-0.05, 0) is 29.8 Å². The highest BCUT2D eigenvalue weighted by Gasteiger charge is 2.07. The quantitative estimate of drug-likeness (QED) is 0.816. The normalized spacial score (nSPS) is 10.1. The van der Waals surface area contributed by atoms with Crippen LogP contribution in [0.4, 0.5) is 0 Å². The molecule has 0 aliphatic carbocycles. The van der Waals surface area contributed by atoms with Crippen molar-refractivity contribution < 1.29 is 14.3 Å². The number of amides is 1. The molecule has 0 aliphatic rings. The lowest BCUT2D eigenvalue weighted by molar-refractivity contribution is -0.117. The zero-order valence-electron chi connectivity index (χ0n) is 11.2. The first-order chi connectivity index (χ1) is 10.0. The van der Waals surface area contributed by atoms with Gasteiger partial charge in [-0.1, -0.05) is 40.2 Å². The number of halogens is 1. The number of Topliss-reactive ketones (excluding diaryl/α,β-unsaturated/α-hetero) is 1. The molecule has 0 saturated heterocycles. The lowest BCUT2D eigenvalue weighted by atomic mass is 10.1. The summed E-state index contributed by atoms with van der Waals surface area (Å²) in [6.07, 6.45) is 0.193. The van der Waals surface area contributed by atoms with Gasteiger partial charge in [0.15, 0.2) is 12.4 Å². The maximum absolute atomic E-state index is 11.9. The summed E-state index contributed by atoms with van der Waals surface area (Å²) in [6, 6.07) is 14.0. The number of ketones is 1. The van der Waals surface area contributed by atoms with Crippen LogP contribution in [0.15, 0.2) is 53.0 Å². The number of rotatable bonds is 6. The molecule has 0 aliphatic heterocycles. The molecule has 0 radical (unpaired) electrons. The lowest BCUT2D eigenvalue weighted by Crippen LogP contribution is -2.13. The first kappa shape index (κ1) is 15.3. The molecule has 2 N–H and O–H groups in total. The largest absolute Gasteiger partial charge is 0.485 e. The molecule has 0 fully saturated rings. The smallest absolute Gasteiger partial charge is 0.221 e. The van der Waals surface area contributed by atoms with Gasteiger partial charge in [-0.25, -0.2) is 0 Å². The van der Waals surface area contributed by atoms with E-state index in [2.05, 4.69) is 15.9 Å². The molecule has 0 spiro atoms. The highest BCUT2D eigenvalue weighted by molar-refractivity contribution is 9.10. The van der Waals surface area contributed by atoms with E-state index >= 15 is 0 Å². The average molecular weight is 348 g/mol. The summed E-state index contributed by atoms with van der Waals surface area (Å²) in [5.41, 5.74) is 6.53. The van der Waals surface area contributed by atoms with E-state index in [1.807, 2.05) is 12.1 Å². The van der Waals surface area contributed by atoms with Crippen molar-refractivity contribution in [2.75, 3.05) is 6.61 Å². The highest BCUT2D eigenvalue weighted by Crippen LogP contribution is 2.14. The number of carbonyl (C=O) groups is 2. The van der Waals surface area contributed by atoms with Crippen molar-refractivity contribution in [2.45, 2.75) is 6.42 Å². The summed E-state index contributed by atoms with van der Waals surface area (Å²) in [5, 5.41) is 0. The zero-order valence-corrected chi connectivity index (χ0v) is 12.8. The number of primary amides is 1. The molecule has 0 saturated carbocycles. The second-order valence-corrected chi connectivity index (χ2v) is 5.42. The highest BCUT2D eigenvalue weighted by atomic mass is 79.9. The summed E-state index contributed by atoms with van der Waals surface area (Å²) in [5.74, 6) is 0.103. The summed E-state index contributed by atoms with van der Waals surface area (Å²) in [4.78, 5) is 22.7. The van der Waals surface area contributed by atoms with Crippen LogP contribution < -0.4 is 10.5 Å². The Balaban J connectivity index is 1.92. The fraction of sp³-hybridized carbons (Fsp3) is 0.125. The molecular weight excluding hydrogens is 334 g/mol. The molecule has 5 heteroatoms. The second kappa shape index (κ2) is 7.04. The Bertz CT molecular complexity index is 636. The fourth-order valence-electron chi connectivity index (χ4n) is 1.77. The van der Waals surface area contributed by atoms with Gasteiger partial charge in [-0.3, -0.25) is 9.59 Å². The third kappa shape index (κ3) is 4.72. The lowest BCUT2D eigenvalue weighted by Gasteiger charge is -2.06. The Morgan fingerprint density at radius 2 is 1.62 bits per heavy atom. The minimum atomic E-state index is -0.380. The van der Waals surface area contributed by atoms with Gasteiger partial charge in [0.05, 0.1) is 6.42 Å². The monoisotopic (exact) mass is 347 g/mol. The molecule has 2 rings (SSSR count). The minimum absolute atomic E-state index is 0.0310. The SMILES string of the molecule is NC(=O)Cc1ccc(OCC(=O)c2ccc(Br)cc2)cc1. The van der Waals surface area contributed by atoms with Crippen LogP contribution in [0.2, 0.25) is 0 Å². The van der Waals surface area contributed by atoms with Gasteiger partial charge in [-0.2, -0.15) is 0 Å². The van der Waals surface area contributed by atoms with Crippen molar-refractivity contribution in [1.29, 1.82) is 0 Å². The number of ether oxygens (including phenoxy) is 1. The van der Waals surface area contributed by atoms with Gasteiger partial charge in [-0.15, -0.1) is 0 Å². The standard InChI is InChI=1S/C16H14BrNO3/c17-13-5-3-12(4-6-13)15(19)10-21-14-7-1-11(2-8-14)9-16(18)20/h1-8H,9-10H2,(H2,18,20). The van der Waals surface area contributed by atoms with Crippen LogP contribution in [-0.2, 0) is 11.2 Å². The average Bonchev–Trinajstić information content (AvgIpc) is 2.46. The molecule has 108 valence electrons. The van der Waals surface area contributed by atoms with E-state index in [0.717, 1.165) is 10.0 Å². The predicted molar refractivity (Wildman–Crippen MR) is 83.3 cm³/mol. The van der Waals surface area contributed by atoms with E-state index in [4.69, 9.17) is 10.5 Å². The molecule has 21 heavy (non-hydrogen) atoms. The number of hydrogen-bond acceptors (Lipinski definition) is 3. The molecule has 0 unspecified atom stereocenters. The van der Waals surface area contributed by atoms with Crippen LogP contribution in [0.25, 0.3) is 0 Å². The van der Waals surface area contributed by atoms with Crippen LogP contribution in [0.1, 0.15) is 15.9 Å². The van der Waals surface area contributed by atoms with Gasteiger partial charge in [0.25, 0.3) is 0 Å². The maximum Gasteiger partial charge on any atom is 0.221 e. The molecule has 0 atom stereocenters. The number of nitrogens with two attached hydrogens (primary N) is 1.